The van der Waals surface area contributed by atoms with Crippen LogP contribution in [0.3, 0.4) is 0 Å². The third-order valence-corrected chi connectivity index (χ3v) is 4.22. The fraction of sp³-hybridized carbons (Fsp3) is 0.474. The molecule has 0 fully saturated rings. The van der Waals surface area contributed by atoms with Crippen molar-refractivity contribution in [2.24, 2.45) is 0 Å². The van der Waals surface area contributed by atoms with Gasteiger partial charge in [-0.25, -0.2) is 9.78 Å². The lowest BCUT2D eigenvalue weighted by Gasteiger charge is -2.30. The second-order valence-electron chi connectivity index (χ2n) is 7.03. The average molecular weight is 408 g/mol. The summed E-state index contributed by atoms with van der Waals surface area (Å²) in [5.74, 6) is 0.747. The van der Waals surface area contributed by atoms with Crippen molar-refractivity contribution in [2.45, 2.75) is 52.7 Å². The van der Waals surface area contributed by atoms with Gasteiger partial charge in [0, 0.05) is 22.8 Å². The Hall–Kier alpha value is -1.82. The minimum atomic E-state index is -0.519. The van der Waals surface area contributed by atoms with Gasteiger partial charge in [0.15, 0.2) is 0 Å². The third kappa shape index (κ3) is 5.33. The van der Waals surface area contributed by atoms with E-state index in [1.54, 1.807) is 4.90 Å². The highest BCUT2D eigenvalue weighted by Gasteiger charge is 2.27. The number of aromatic nitrogens is 2. The van der Waals surface area contributed by atoms with E-state index >= 15 is 0 Å². The molecular formula is C19H26BrN3O2. The summed E-state index contributed by atoms with van der Waals surface area (Å²) in [5.41, 5.74) is 1.36. The lowest BCUT2D eigenvalue weighted by molar-refractivity contribution is 0.0166. The normalized spacial score (nSPS) is 12.7. The second kappa shape index (κ2) is 8.04. The van der Waals surface area contributed by atoms with Gasteiger partial charge in [-0.1, -0.05) is 35.0 Å². The van der Waals surface area contributed by atoms with Crippen molar-refractivity contribution in [1.29, 1.82) is 0 Å². The zero-order valence-corrected chi connectivity index (χ0v) is 17.1. The number of H-pyrrole nitrogens is 1. The van der Waals surface area contributed by atoms with Gasteiger partial charge in [0.1, 0.15) is 11.4 Å². The minimum Gasteiger partial charge on any atom is -0.444 e. The van der Waals surface area contributed by atoms with Gasteiger partial charge in [-0.05, 0) is 46.2 Å². The van der Waals surface area contributed by atoms with Crippen LogP contribution in [0, 0.1) is 0 Å². The number of carbonyl (C=O) groups is 1. The molecule has 2 aromatic rings. The van der Waals surface area contributed by atoms with Gasteiger partial charge in [0.2, 0.25) is 0 Å². The summed E-state index contributed by atoms with van der Waals surface area (Å²) >= 11 is 3.44. The maximum absolute atomic E-state index is 12.5. The number of rotatable bonds is 5. The molecule has 1 aromatic carbocycles. The van der Waals surface area contributed by atoms with Crippen LogP contribution in [0.25, 0.3) is 11.3 Å². The van der Waals surface area contributed by atoms with Crippen molar-refractivity contribution in [3.8, 4) is 11.3 Å². The molecule has 0 saturated heterocycles. The third-order valence-electron chi connectivity index (χ3n) is 3.69. The van der Waals surface area contributed by atoms with E-state index in [1.165, 1.54) is 0 Å². The van der Waals surface area contributed by atoms with Crippen LogP contribution in [-0.2, 0) is 4.74 Å². The predicted molar refractivity (Wildman–Crippen MR) is 103 cm³/mol. The quantitative estimate of drug-likeness (QED) is 0.706. The van der Waals surface area contributed by atoms with E-state index in [9.17, 15) is 4.79 Å². The lowest BCUT2D eigenvalue weighted by Crippen LogP contribution is -2.39. The molecule has 0 saturated carbocycles. The zero-order valence-electron chi connectivity index (χ0n) is 15.5. The molecule has 1 aromatic heterocycles. The van der Waals surface area contributed by atoms with E-state index in [0.717, 1.165) is 28.0 Å². The van der Waals surface area contributed by atoms with Crippen molar-refractivity contribution >= 4 is 22.0 Å². The van der Waals surface area contributed by atoms with Crippen LogP contribution >= 0.6 is 15.9 Å². The van der Waals surface area contributed by atoms with Crippen LogP contribution in [0.2, 0.25) is 0 Å². The number of ether oxygens (including phenoxy) is 1. The number of carbonyl (C=O) groups excluding carboxylic acids is 1. The van der Waals surface area contributed by atoms with E-state index in [4.69, 9.17) is 4.74 Å². The van der Waals surface area contributed by atoms with Crippen LogP contribution in [0.15, 0.2) is 34.9 Å². The number of aromatic amines is 1. The first kappa shape index (κ1) is 19.5. The van der Waals surface area contributed by atoms with Gasteiger partial charge in [-0.2, -0.15) is 0 Å². The molecule has 0 radical (unpaired) electrons. The monoisotopic (exact) mass is 407 g/mol. The van der Waals surface area contributed by atoms with Gasteiger partial charge in [-0.3, -0.25) is 4.90 Å². The summed E-state index contributed by atoms with van der Waals surface area (Å²) in [6.45, 7) is 10.2. The van der Waals surface area contributed by atoms with Crippen molar-refractivity contribution in [3.05, 3.63) is 40.8 Å². The molecule has 1 atom stereocenters. The summed E-state index contributed by atoms with van der Waals surface area (Å²) in [7, 11) is 0. The maximum atomic E-state index is 12.5. The molecule has 25 heavy (non-hydrogen) atoms. The Labute approximate surface area is 157 Å². The first-order chi connectivity index (χ1) is 11.7. The van der Waals surface area contributed by atoms with Crippen LogP contribution in [0.4, 0.5) is 4.79 Å². The number of imidazole rings is 1. The molecule has 0 aliphatic rings. The van der Waals surface area contributed by atoms with E-state index in [1.807, 2.05) is 65.1 Å². The summed E-state index contributed by atoms with van der Waals surface area (Å²) < 4.78 is 6.57. The average Bonchev–Trinajstić information content (AvgIpc) is 3.01. The van der Waals surface area contributed by atoms with Gasteiger partial charge in [-0.15, -0.1) is 0 Å². The number of hydrogen-bond donors (Lipinski definition) is 1. The molecule has 0 bridgehead atoms. The first-order valence-electron chi connectivity index (χ1n) is 8.52. The molecule has 0 aliphatic carbocycles. The van der Waals surface area contributed by atoms with Gasteiger partial charge in [0.25, 0.3) is 0 Å². The van der Waals surface area contributed by atoms with Gasteiger partial charge < -0.3 is 9.72 Å². The van der Waals surface area contributed by atoms with Gasteiger partial charge >= 0.3 is 6.09 Å². The molecule has 1 N–H and O–H groups in total. The van der Waals surface area contributed by atoms with Gasteiger partial charge in [0.05, 0.1) is 11.7 Å². The number of nitrogens with one attached hydrogen (secondary N) is 1. The molecule has 1 amide bonds. The summed E-state index contributed by atoms with van der Waals surface area (Å²) in [5, 5.41) is 0. The Morgan fingerprint density at radius 2 is 1.96 bits per heavy atom. The lowest BCUT2D eigenvalue weighted by atomic mass is 10.2. The number of hydrogen-bond acceptors (Lipinski definition) is 3. The first-order valence-corrected chi connectivity index (χ1v) is 9.31. The second-order valence-corrected chi connectivity index (χ2v) is 7.94. The van der Waals surface area contributed by atoms with Crippen LogP contribution in [0.5, 0.6) is 0 Å². The van der Waals surface area contributed by atoms with Crippen molar-refractivity contribution in [3.63, 3.8) is 0 Å². The molecule has 136 valence electrons. The topological polar surface area (TPSA) is 58.2 Å². The van der Waals surface area contributed by atoms with E-state index < -0.39 is 5.60 Å². The molecule has 0 aliphatic heterocycles. The Kier molecular flexibility index (Phi) is 6.27. The number of nitrogens with zero attached hydrogens (tertiary/aromatic N) is 2. The molecule has 6 heteroatoms. The fourth-order valence-corrected chi connectivity index (χ4v) is 2.74. The molecule has 5 nitrogen and oxygen atoms in total. The van der Waals surface area contributed by atoms with Crippen molar-refractivity contribution < 1.29 is 9.53 Å². The molecule has 2 rings (SSSR count). The Bertz CT molecular complexity index is 704. The fourth-order valence-electron chi connectivity index (χ4n) is 2.47. The molecule has 0 spiro atoms. The summed E-state index contributed by atoms with van der Waals surface area (Å²) in [6.07, 6.45) is 2.40. The number of amides is 1. The number of benzene rings is 1. The standard InChI is InChI=1S/C19H26BrN3O2/c1-6-11-23(18(24)25-19(3,4)5)13(2)17-21-12-16(22-17)14-7-9-15(20)10-8-14/h7-10,12-13H,6,11H2,1-5H3,(H,21,22)/t13-/m1/s1. The highest BCUT2D eigenvalue weighted by Crippen LogP contribution is 2.25. The smallest absolute Gasteiger partial charge is 0.410 e. The highest BCUT2D eigenvalue weighted by molar-refractivity contribution is 9.10. The van der Waals surface area contributed by atoms with E-state index in [-0.39, 0.29) is 12.1 Å². The van der Waals surface area contributed by atoms with Crippen LogP contribution < -0.4 is 0 Å². The van der Waals surface area contributed by atoms with Crippen LogP contribution in [0.1, 0.15) is 52.9 Å². The van der Waals surface area contributed by atoms with Crippen molar-refractivity contribution in [1.82, 2.24) is 14.9 Å². The Morgan fingerprint density at radius 3 is 2.52 bits per heavy atom. The molecule has 1 heterocycles. The Balaban J connectivity index is 2.20. The summed E-state index contributed by atoms with van der Waals surface area (Å²) in [4.78, 5) is 22.1. The largest absolute Gasteiger partial charge is 0.444 e. The van der Waals surface area contributed by atoms with E-state index in [2.05, 4.69) is 25.9 Å². The number of halogens is 1. The van der Waals surface area contributed by atoms with Crippen molar-refractivity contribution in [2.75, 3.05) is 6.54 Å². The molecular weight excluding hydrogens is 382 g/mol. The zero-order chi connectivity index (χ0) is 18.6. The maximum Gasteiger partial charge on any atom is 0.410 e. The highest BCUT2D eigenvalue weighted by atomic mass is 79.9. The predicted octanol–water partition coefficient (Wildman–Crippen LogP) is 5.55. The summed E-state index contributed by atoms with van der Waals surface area (Å²) in [6, 6.07) is 7.78. The SMILES string of the molecule is CCCN(C(=O)OC(C)(C)C)[C@H](C)c1nc(-c2ccc(Br)cc2)c[nH]1. The molecule has 0 unspecified atom stereocenters. The Morgan fingerprint density at radius 1 is 1.32 bits per heavy atom. The minimum absolute atomic E-state index is 0.195. The van der Waals surface area contributed by atoms with Crippen LogP contribution in [-0.4, -0.2) is 33.1 Å². The van der Waals surface area contributed by atoms with E-state index in [0.29, 0.717) is 6.54 Å².